The maximum absolute atomic E-state index is 11.9. The molecule has 1 amide bonds. The molecule has 0 saturated heterocycles. The van der Waals surface area contributed by atoms with Crippen LogP contribution < -0.4 is 11.1 Å². The first-order valence-electron chi connectivity index (χ1n) is 6.08. The number of hydrogen-bond donors (Lipinski definition) is 2. The van der Waals surface area contributed by atoms with Crippen LogP contribution in [0.5, 0.6) is 0 Å². The number of nitrogens with zero attached hydrogens (tertiary/aromatic N) is 2. The predicted molar refractivity (Wildman–Crippen MR) is 66.6 cm³/mol. The van der Waals surface area contributed by atoms with Gasteiger partial charge in [-0.1, -0.05) is 12.8 Å². The van der Waals surface area contributed by atoms with Crippen LogP contribution in [0.25, 0.3) is 0 Å². The first kappa shape index (κ1) is 12.1. The molecule has 0 unspecified atom stereocenters. The zero-order chi connectivity index (χ0) is 12.5. The van der Waals surface area contributed by atoms with Gasteiger partial charge in [-0.15, -0.1) is 0 Å². The minimum Gasteiger partial charge on any atom is -0.325 e. The minimum absolute atomic E-state index is 0.0163. The van der Waals surface area contributed by atoms with Crippen LogP contribution in [0.1, 0.15) is 37.8 Å². The number of rotatable bonds is 3. The Hall–Kier alpha value is -1.36. The monoisotopic (exact) mass is 236 g/mol. The van der Waals surface area contributed by atoms with E-state index >= 15 is 0 Å². The summed E-state index contributed by atoms with van der Waals surface area (Å²) in [7, 11) is 1.82. The van der Waals surface area contributed by atoms with E-state index in [1.807, 2.05) is 20.0 Å². The molecule has 1 aromatic heterocycles. The Labute approximate surface area is 101 Å². The van der Waals surface area contributed by atoms with Crippen molar-refractivity contribution in [3.8, 4) is 0 Å². The molecule has 0 spiro atoms. The molecule has 0 atom stereocenters. The average molecular weight is 236 g/mol. The van der Waals surface area contributed by atoms with E-state index in [2.05, 4.69) is 10.4 Å². The predicted octanol–water partition coefficient (Wildman–Crippen LogP) is 1.33. The van der Waals surface area contributed by atoms with E-state index in [1.54, 1.807) is 4.68 Å². The lowest BCUT2D eigenvalue weighted by Gasteiger charge is -2.22. The SMILES string of the molecule is Cc1cc(NC(=O)CC2(N)CCCC2)n(C)n1. The van der Waals surface area contributed by atoms with Gasteiger partial charge in [-0.3, -0.25) is 9.48 Å². The average Bonchev–Trinajstić information content (AvgIpc) is 2.74. The van der Waals surface area contributed by atoms with Crippen LogP contribution in [-0.2, 0) is 11.8 Å². The highest BCUT2D eigenvalue weighted by Gasteiger charge is 2.31. The Morgan fingerprint density at radius 2 is 2.24 bits per heavy atom. The second kappa shape index (κ2) is 4.49. The molecule has 17 heavy (non-hydrogen) atoms. The number of aromatic nitrogens is 2. The summed E-state index contributed by atoms with van der Waals surface area (Å²) < 4.78 is 1.67. The van der Waals surface area contributed by atoms with Gasteiger partial charge in [-0.25, -0.2) is 0 Å². The Morgan fingerprint density at radius 3 is 2.76 bits per heavy atom. The maximum Gasteiger partial charge on any atom is 0.227 e. The highest BCUT2D eigenvalue weighted by molar-refractivity contribution is 5.90. The molecule has 1 aliphatic rings. The Balaban J connectivity index is 1.95. The van der Waals surface area contributed by atoms with Crippen molar-refractivity contribution in [2.45, 2.75) is 44.6 Å². The molecule has 1 heterocycles. The second-order valence-electron chi connectivity index (χ2n) is 5.09. The van der Waals surface area contributed by atoms with Gasteiger partial charge in [0.2, 0.25) is 5.91 Å². The number of amides is 1. The summed E-state index contributed by atoms with van der Waals surface area (Å²) in [5, 5.41) is 7.05. The molecule has 5 nitrogen and oxygen atoms in total. The number of nitrogens with two attached hydrogens (primary N) is 1. The summed E-state index contributed by atoms with van der Waals surface area (Å²) in [5.41, 5.74) is 6.77. The molecule has 5 heteroatoms. The number of anilines is 1. The molecule has 0 aliphatic heterocycles. The van der Waals surface area contributed by atoms with Crippen LogP contribution >= 0.6 is 0 Å². The van der Waals surface area contributed by atoms with E-state index in [0.29, 0.717) is 6.42 Å². The zero-order valence-corrected chi connectivity index (χ0v) is 10.5. The van der Waals surface area contributed by atoms with Gasteiger partial charge in [0.15, 0.2) is 0 Å². The van der Waals surface area contributed by atoms with Crippen molar-refractivity contribution in [3.05, 3.63) is 11.8 Å². The van der Waals surface area contributed by atoms with Crippen LogP contribution in [0.4, 0.5) is 5.82 Å². The van der Waals surface area contributed by atoms with Crippen molar-refractivity contribution < 1.29 is 4.79 Å². The van der Waals surface area contributed by atoms with Crippen molar-refractivity contribution in [3.63, 3.8) is 0 Å². The normalized spacial score (nSPS) is 18.3. The Kier molecular flexibility index (Phi) is 3.19. The van der Waals surface area contributed by atoms with Gasteiger partial charge in [0.1, 0.15) is 5.82 Å². The number of nitrogens with one attached hydrogen (secondary N) is 1. The van der Waals surface area contributed by atoms with Gasteiger partial charge in [-0.2, -0.15) is 5.10 Å². The fraction of sp³-hybridized carbons (Fsp3) is 0.667. The maximum atomic E-state index is 11.9. The molecule has 2 rings (SSSR count). The molecular formula is C12H20N4O. The third kappa shape index (κ3) is 2.85. The van der Waals surface area contributed by atoms with E-state index in [1.165, 1.54) is 0 Å². The summed E-state index contributed by atoms with van der Waals surface area (Å²) in [4.78, 5) is 11.9. The highest BCUT2D eigenvalue weighted by atomic mass is 16.1. The van der Waals surface area contributed by atoms with Crippen LogP contribution in [0.2, 0.25) is 0 Å². The summed E-state index contributed by atoms with van der Waals surface area (Å²) in [6, 6.07) is 1.86. The lowest BCUT2D eigenvalue weighted by atomic mass is 9.94. The molecule has 0 bridgehead atoms. The molecule has 1 aliphatic carbocycles. The van der Waals surface area contributed by atoms with Crippen molar-refractivity contribution in [1.29, 1.82) is 0 Å². The van der Waals surface area contributed by atoms with Crippen molar-refractivity contribution >= 4 is 11.7 Å². The molecule has 0 aromatic carbocycles. The number of aryl methyl sites for hydroxylation is 2. The van der Waals surface area contributed by atoms with E-state index in [4.69, 9.17) is 5.73 Å². The van der Waals surface area contributed by atoms with Crippen LogP contribution in [0, 0.1) is 6.92 Å². The van der Waals surface area contributed by atoms with Gasteiger partial charge < -0.3 is 11.1 Å². The Bertz CT molecular complexity index is 418. The molecule has 1 saturated carbocycles. The standard InChI is InChI=1S/C12H20N4O/c1-9-7-10(16(2)15-9)14-11(17)8-12(13)5-3-4-6-12/h7H,3-6,8,13H2,1-2H3,(H,14,17). The topological polar surface area (TPSA) is 72.9 Å². The van der Waals surface area contributed by atoms with E-state index in [9.17, 15) is 4.79 Å². The fourth-order valence-corrected chi connectivity index (χ4v) is 2.49. The third-order valence-electron chi connectivity index (χ3n) is 3.38. The molecule has 1 fully saturated rings. The third-order valence-corrected chi connectivity index (χ3v) is 3.38. The minimum atomic E-state index is -0.294. The smallest absolute Gasteiger partial charge is 0.227 e. The quantitative estimate of drug-likeness (QED) is 0.831. The highest BCUT2D eigenvalue weighted by Crippen LogP contribution is 2.30. The molecule has 0 radical (unpaired) electrons. The van der Waals surface area contributed by atoms with E-state index in [0.717, 1.165) is 37.2 Å². The van der Waals surface area contributed by atoms with Crippen LogP contribution in [0.15, 0.2) is 6.07 Å². The summed E-state index contributed by atoms with van der Waals surface area (Å²) in [6.45, 7) is 1.90. The Morgan fingerprint density at radius 1 is 1.59 bits per heavy atom. The van der Waals surface area contributed by atoms with Crippen molar-refractivity contribution in [2.24, 2.45) is 12.8 Å². The fourth-order valence-electron chi connectivity index (χ4n) is 2.49. The zero-order valence-electron chi connectivity index (χ0n) is 10.5. The largest absolute Gasteiger partial charge is 0.325 e. The van der Waals surface area contributed by atoms with Gasteiger partial charge in [-0.05, 0) is 19.8 Å². The molecule has 94 valence electrons. The van der Waals surface area contributed by atoms with Gasteiger partial charge >= 0.3 is 0 Å². The second-order valence-corrected chi connectivity index (χ2v) is 5.09. The van der Waals surface area contributed by atoms with Crippen molar-refractivity contribution in [2.75, 3.05) is 5.32 Å². The molecular weight excluding hydrogens is 216 g/mol. The summed E-state index contributed by atoms with van der Waals surface area (Å²) in [6.07, 6.45) is 4.57. The first-order valence-corrected chi connectivity index (χ1v) is 6.08. The van der Waals surface area contributed by atoms with E-state index < -0.39 is 0 Å². The van der Waals surface area contributed by atoms with Gasteiger partial charge in [0.05, 0.1) is 5.69 Å². The summed E-state index contributed by atoms with van der Waals surface area (Å²) in [5.74, 6) is 0.714. The van der Waals surface area contributed by atoms with Gasteiger partial charge in [0, 0.05) is 25.1 Å². The summed E-state index contributed by atoms with van der Waals surface area (Å²) >= 11 is 0. The molecule has 3 N–H and O–H groups in total. The van der Waals surface area contributed by atoms with Crippen LogP contribution in [-0.4, -0.2) is 21.2 Å². The van der Waals surface area contributed by atoms with Gasteiger partial charge in [0.25, 0.3) is 0 Å². The van der Waals surface area contributed by atoms with Crippen molar-refractivity contribution in [1.82, 2.24) is 9.78 Å². The number of carbonyl (C=O) groups excluding carboxylic acids is 1. The lowest BCUT2D eigenvalue weighted by molar-refractivity contribution is -0.117. The molecule has 1 aromatic rings. The van der Waals surface area contributed by atoms with E-state index in [-0.39, 0.29) is 11.4 Å². The lowest BCUT2D eigenvalue weighted by Crippen LogP contribution is -2.40. The van der Waals surface area contributed by atoms with Crippen LogP contribution in [0.3, 0.4) is 0 Å². The number of carbonyl (C=O) groups is 1. The number of hydrogen-bond acceptors (Lipinski definition) is 3. The first-order chi connectivity index (χ1) is 7.98.